The Labute approximate surface area is 429 Å². The van der Waals surface area contributed by atoms with E-state index in [2.05, 4.69) is 252 Å². The summed E-state index contributed by atoms with van der Waals surface area (Å²) in [7, 11) is 0. The molecule has 0 atom stereocenters. The van der Waals surface area contributed by atoms with Gasteiger partial charge in [0.1, 0.15) is 5.69 Å². The molecule has 0 saturated heterocycles. The lowest BCUT2D eigenvalue weighted by Gasteiger charge is -2.33. The lowest BCUT2D eigenvalue weighted by molar-refractivity contribution is 0.768. The molecule has 0 amide bonds. The molecule has 5 nitrogen and oxygen atoms in total. The fraction of sp³-hybridized carbons (Fsp3) is 0.0145. The molecule has 0 aliphatic heterocycles. The largest absolute Gasteiger partial charge is 0.291 e. The van der Waals surface area contributed by atoms with Gasteiger partial charge in [-0.15, -0.1) is 0 Å². The number of hydrogen-bond acceptors (Lipinski definition) is 4. The highest BCUT2D eigenvalue weighted by molar-refractivity contribution is 6.05. The number of aromatic nitrogens is 5. The molecule has 1 aliphatic carbocycles. The molecule has 3 heterocycles. The van der Waals surface area contributed by atoms with E-state index in [4.69, 9.17) is 15.0 Å². The van der Waals surface area contributed by atoms with E-state index in [-0.39, 0.29) is 0 Å². The molecule has 3 aromatic heterocycles. The Morgan fingerprint density at radius 1 is 0.338 bits per heavy atom. The number of rotatable bonds is 9. The predicted molar refractivity (Wildman–Crippen MR) is 302 cm³/mol. The Balaban J connectivity index is 0.862. The second kappa shape index (κ2) is 17.8. The van der Waals surface area contributed by atoms with Gasteiger partial charge in [-0.25, -0.2) is 15.0 Å². The lowest BCUT2D eigenvalue weighted by atomic mass is 9.67. The molecule has 0 saturated carbocycles. The first kappa shape index (κ1) is 43.0. The molecule has 0 N–H and O–H groups in total. The van der Waals surface area contributed by atoms with Gasteiger partial charge in [0.05, 0.1) is 27.8 Å². The first-order valence-corrected chi connectivity index (χ1v) is 25.1. The number of nitrogens with zero attached hydrogens (tertiary/aromatic N) is 5. The van der Waals surface area contributed by atoms with E-state index >= 15 is 0 Å². The normalized spacial score (nSPS) is 12.4. The van der Waals surface area contributed by atoms with Crippen LogP contribution in [0.5, 0.6) is 0 Å². The van der Waals surface area contributed by atoms with E-state index in [0.29, 0.717) is 5.82 Å². The SMILES string of the molecule is c1ccc(-c2cc(-c3ccc(-c4ccc(-c5ccc(-n6c(-c7ccccn7)nc7ccccc76)cc5)cc4)c4ccccc34)nc(-c3cccc4c3-c3ccccc3C4(c3ccccc3)c3ccccc3)n2)cc1. The maximum atomic E-state index is 5.58. The van der Waals surface area contributed by atoms with Crippen molar-refractivity contribution in [1.29, 1.82) is 0 Å². The molecular formula is C69H45N5. The van der Waals surface area contributed by atoms with Crippen LogP contribution >= 0.6 is 0 Å². The van der Waals surface area contributed by atoms with Crippen LogP contribution in [0.4, 0.5) is 0 Å². The Kier molecular flexibility index (Phi) is 10.3. The van der Waals surface area contributed by atoms with E-state index in [1.807, 2.05) is 30.5 Å². The third-order valence-electron chi connectivity index (χ3n) is 14.8. The summed E-state index contributed by atoms with van der Waals surface area (Å²) in [6.07, 6.45) is 1.81. The van der Waals surface area contributed by atoms with Gasteiger partial charge in [0.2, 0.25) is 0 Å². The van der Waals surface area contributed by atoms with E-state index < -0.39 is 5.41 Å². The summed E-state index contributed by atoms with van der Waals surface area (Å²) in [5.41, 5.74) is 20.0. The van der Waals surface area contributed by atoms with E-state index in [9.17, 15) is 0 Å². The summed E-state index contributed by atoms with van der Waals surface area (Å²) in [6.45, 7) is 0. The summed E-state index contributed by atoms with van der Waals surface area (Å²) in [4.78, 5) is 20.7. The van der Waals surface area contributed by atoms with Crippen molar-refractivity contribution >= 4 is 21.8 Å². The molecule has 0 fully saturated rings. The zero-order chi connectivity index (χ0) is 49.0. The summed E-state index contributed by atoms with van der Waals surface area (Å²) in [5, 5.41) is 2.28. The van der Waals surface area contributed by atoms with Crippen LogP contribution in [-0.4, -0.2) is 24.5 Å². The summed E-state index contributed by atoms with van der Waals surface area (Å²) < 4.78 is 2.19. The fourth-order valence-corrected chi connectivity index (χ4v) is 11.5. The number of hydrogen-bond donors (Lipinski definition) is 0. The standard InChI is InChI=1S/C69H45N5/c1-4-19-49(20-5-1)63-45-64(72-67(71-63)58-28-18-30-60-66(58)57-27-12-13-29-59(57)69(60,50-21-6-2-7-22-50)51-23-8-3-9-24-51)56-43-42-53(54-25-10-11-26-55(54)56)48-36-34-46(35-37-48)47-38-40-52(41-39-47)74-65-33-15-14-31-61(65)73-68(74)62-32-16-17-44-70-62/h1-45H. The van der Waals surface area contributed by atoms with Crippen molar-refractivity contribution < 1.29 is 0 Å². The van der Waals surface area contributed by atoms with Crippen molar-refractivity contribution in [3.8, 4) is 84.5 Å². The fourth-order valence-electron chi connectivity index (χ4n) is 11.5. The Morgan fingerprint density at radius 2 is 0.905 bits per heavy atom. The van der Waals surface area contributed by atoms with Crippen LogP contribution in [0.2, 0.25) is 0 Å². The van der Waals surface area contributed by atoms with Crippen LogP contribution in [-0.2, 0) is 5.41 Å². The highest BCUT2D eigenvalue weighted by Crippen LogP contribution is 2.58. The molecule has 0 bridgehead atoms. The number of pyridine rings is 1. The zero-order valence-corrected chi connectivity index (χ0v) is 40.2. The molecule has 346 valence electrons. The van der Waals surface area contributed by atoms with Gasteiger partial charge in [0.25, 0.3) is 0 Å². The van der Waals surface area contributed by atoms with Gasteiger partial charge in [0, 0.05) is 28.6 Å². The van der Waals surface area contributed by atoms with Gasteiger partial charge in [-0.05, 0) is 109 Å². The van der Waals surface area contributed by atoms with E-state index in [0.717, 1.165) is 94.9 Å². The maximum Gasteiger partial charge on any atom is 0.164 e. The van der Waals surface area contributed by atoms with Crippen LogP contribution in [0, 0.1) is 0 Å². The Bertz CT molecular complexity index is 4170. The summed E-state index contributed by atoms with van der Waals surface area (Å²) in [5.74, 6) is 1.51. The van der Waals surface area contributed by atoms with Crippen molar-refractivity contribution in [3.63, 3.8) is 0 Å². The molecule has 14 rings (SSSR count). The van der Waals surface area contributed by atoms with Gasteiger partial charge in [-0.1, -0.05) is 224 Å². The highest BCUT2D eigenvalue weighted by atomic mass is 15.1. The Morgan fingerprint density at radius 3 is 1.64 bits per heavy atom. The topological polar surface area (TPSA) is 56.5 Å². The Hall–Kier alpha value is -9.84. The monoisotopic (exact) mass is 943 g/mol. The predicted octanol–water partition coefficient (Wildman–Crippen LogP) is 16.7. The van der Waals surface area contributed by atoms with Crippen LogP contribution in [0.1, 0.15) is 22.3 Å². The molecular weight excluding hydrogens is 899 g/mol. The first-order chi connectivity index (χ1) is 36.7. The van der Waals surface area contributed by atoms with Crippen LogP contribution < -0.4 is 0 Å². The number of para-hydroxylation sites is 2. The minimum atomic E-state index is -0.541. The van der Waals surface area contributed by atoms with Gasteiger partial charge in [-0.2, -0.15) is 0 Å². The van der Waals surface area contributed by atoms with Crippen molar-refractivity contribution in [2.75, 3.05) is 0 Å². The average molecular weight is 944 g/mol. The quantitative estimate of drug-likeness (QED) is 0.145. The molecule has 5 heteroatoms. The van der Waals surface area contributed by atoms with E-state index in [1.165, 1.54) is 27.8 Å². The summed E-state index contributed by atoms with van der Waals surface area (Å²) >= 11 is 0. The van der Waals surface area contributed by atoms with Crippen molar-refractivity contribution in [1.82, 2.24) is 24.5 Å². The number of fused-ring (bicyclic) bond motifs is 5. The third kappa shape index (κ3) is 7.01. The summed E-state index contributed by atoms with van der Waals surface area (Å²) in [6, 6.07) is 95.1. The molecule has 74 heavy (non-hydrogen) atoms. The van der Waals surface area contributed by atoms with Crippen molar-refractivity contribution in [2.45, 2.75) is 5.41 Å². The van der Waals surface area contributed by atoms with Crippen LogP contribution in [0.15, 0.2) is 273 Å². The minimum absolute atomic E-state index is 0.541. The highest BCUT2D eigenvalue weighted by Gasteiger charge is 2.47. The third-order valence-corrected chi connectivity index (χ3v) is 14.8. The molecule has 0 spiro atoms. The van der Waals surface area contributed by atoms with Gasteiger partial charge in [0.15, 0.2) is 11.6 Å². The molecule has 0 radical (unpaired) electrons. The first-order valence-electron chi connectivity index (χ1n) is 25.1. The van der Waals surface area contributed by atoms with Gasteiger partial charge in [-0.3, -0.25) is 9.55 Å². The molecule has 10 aromatic carbocycles. The molecule has 0 unspecified atom stereocenters. The lowest BCUT2D eigenvalue weighted by Crippen LogP contribution is -2.28. The molecule has 1 aliphatic rings. The van der Waals surface area contributed by atoms with Crippen LogP contribution in [0.3, 0.4) is 0 Å². The van der Waals surface area contributed by atoms with Gasteiger partial charge < -0.3 is 0 Å². The van der Waals surface area contributed by atoms with Crippen molar-refractivity contribution in [2.24, 2.45) is 0 Å². The smallest absolute Gasteiger partial charge is 0.164 e. The van der Waals surface area contributed by atoms with Crippen LogP contribution in [0.25, 0.3) is 106 Å². The zero-order valence-electron chi connectivity index (χ0n) is 40.2. The minimum Gasteiger partial charge on any atom is -0.291 e. The second-order valence-electron chi connectivity index (χ2n) is 18.9. The maximum absolute atomic E-state index is 5.58. The molecule has 13 aromatic rings. The average Bonchev–Trinajstić information content (AvgIpc) is 4.04. The van der Waals surface area contributed by atoms with E-state index in [1.54, 1.807) is 0 Å². The second-order valence-corrected chi connectivity index (χ2v) is 18.9. The number of imidazole rings is 1. The van der Waals surface area contributed by atoms with Crippen molar-refractivity contribution in [3.05, 3.63) is 295 Å². The van der Waals surface area contributed by atoms with Gasteiger partial charge >= 0.3 is 0 Å². The number of benzene rings is 10.